The van der Waals surface area contributed by atoms with Gasteiger partial charge < -0.3 is 4.74 Å². The van der Waals surface area contributed by atoms with Crippen LogP contribution in [0.5, 0.6) is 5.75 Å². The number of nitrogens with zero attached hydrogens (tertiary/aromatic N) is 1. The highest BCUT2D eigenvalue weighted by molar-refractivity contribution is 6.55. The predicted molar refractivity (Wildman–Crippen MR) is 72.8 cm³/mol. The van der Waals surface area contributed by atoms with Gasteiger partial charge in [0.25, 0.3) is 11.8 Å². The molecule has 4 nitrogen and oxygen atoms in total. The van der Waals surface area contributed by atoms with E-state index in [9.17, 15) is 9.59 Å². The van der Waals surface area contributed by atoms with Crippen molar-refractivity contribution in [3.05, 3.63) is 34.9 Å². The Hall–Kier alpha value is -1.81. The molecule has 0 fully saturated rings. The Morgan fingerprint density at radius 2 is 1.68 bits per heavy atom. The second kappa shape index (κ2) is 5.05. The number of carbonyl (C=O) groups excluding carboxylic acids is 2. The Bertz CT molecular complexity index is 561. The van der Waals surface area contributed by atoms with Gasteiger partial charge in [0.1, 0.15) is 10.8 Å². The van der Waals surface area contributed by atoms with E-state index >= 15 is 0 Å². The molecule has 0 saturated carbocycles. The number of amides is 2. The van der Waals surface area contributed by atoms with Crippen molar-refractivity contribution >= 4 is 29.0 Å². The highest BCUT2D eigenvalue weighted by Crippen LogP contribution is 2.31. The van der Waals surface area contributed by atoms with Crippen LogP contribution >= 0.6 is 11.6 Å². The van der Waals surface area contributed by atoms with Gasteiger partial charge in [0, 0.05) is 7.05 Å². The molecule has 0 radical (unpaired) electrons. The monoisotopic (exact) mass is 279 g/mol. The first-order chi connectivity index (χ1) is 8.91. The van der Waals surface area contributed by atoms with E-state index in [-0.39, 0.29) is 22.6 Å². The number of ether oxygens (including phenoxy) is 1. The van der Waals surface area contributed by atoms with Gasteiger partial charge in [-0.25, -0.2) is 0 Å². The van der Waals surface area contributed by atoms with Crippen molar-refractivity contribution in [3.8, 4) is 5.75 Å². The lowest BCUT2D eigenvalue weighted by Crippen LogP contribution is -2.26. The molecule has 5 heteroatoms. The molecule has 0 aromatic heterocycles. The summed E-state index contributed by atoms with van der Waals surface area (Å²) in [7, 11) is 1.41. The van der Waals surface area contributed by atoms with Crippen molar-refractivity contribution in [2.45, 2.75) is 20.0 Å². The average Bonchev–Trinajstić information content (AvgIpc) is 2.55. The van der Waals surface area contributed by atoms with Crippen molar-refractivity contribution in [3.63, 3.8) is 0 Å². The second-order valence-corrected chi connectivity index (χ2v) is 4.93. The minimum Gasteiger partial charge on any atom is -0.491 e. The van der Waals surface area contributed by atoms with Crippen LogP contribution in [0.4, 0.5) is 0 Å². The topological polar surface area (TPSA) is 46.6 Å². The maximum absolute atomic E-state index is 11.9. The zero-order valence-corrected chi connectivity index (χ0v) is 11.7. The Labute approximate surface area is 116 Å². The molecule has 2 rings (SSSR count). The third-order valence-electron chi connectivity index (χ3n) is 2.75. The van der Waals surface area contributed by atoms with Gasteiger partial charge in [-0.3, -0.25) is 14.5 Å². The van der Waals surface area contributed by atoms with Crippen LogP contribution in [0.15, 0.2) is 29.3 Å². The van der Waals surface area contributed by atoms with Gasteiger partial charge in [0.2, 0.25) is 0 Å². The van der Waals surface area contributed by atoms with Crippen LogP contribution in [0.1, 0.15) is 19.4 Å². The molecule has 1 heterocycles. The predicted octanol–water partition coefficient (Wildman–Crippen LogP) is 2.42. The van der Waals surface area contributed by atoms with E-state index < -0.39 is 5.91 Å². The smallest absolute Gasteiger partial charge is 0.272 e. The van der Waals surface area contributed by atoms with Crippen molar-refractivity contribution in [2.24, 2.45) is 0 Å². The van der Waals surface area contributed by atoms with Gasteiger partial charge in [0.05, 0.1) is 11.7 Å². The summed E-state index contributed by atoms with van der Waals surface area (Å²) in [5.41, 5.74) is 0.856. The lowest BCUT2D eigenvalue weighted by molar-refractivity contribution is -0.134. The lowest BCUT2D eigenvalue weighted by atomic mass is 10.1. The zero-order chi connectivity index (χ0) is 14.2. The molecule has 0 bridgehead atoms. The molecule has 19 heavy (non-hydrogen) atoms. The van der Waals surface area contributed by atoms with E-state index in [1.165, 1.54) is 7.05 Å². The number of carbonyl (C=O) groups is 2. The molecular formula is C14H14ClNO3. The van der Waals surface area contributed by atoms with Crippen molar-refractivity contribution in [1.29, 1.82) is 0 Å². The van der Waals surface area contributed by atoms with Gasteiger partial charge in [-0.1, -0.05) is 23.7 Å². The fourth-order valence-electron chi connectivity index (χ4n) is 1.83. The van der Waals surface area contributed by atoms with Crippen LogP contribution in [0.25, 0.3) is 5.57 Å². The first kappa shape index (κ1) is 13.6. The fourth-order valence-corrected chi connectivity index (χ4v) is 2.15. The van der Waals surface area contributed by atoms with Crippen LogP contribution < -0.4 is 4.74 Å². The van der Waals surface area contributed by atoms with E-state index in [1.54, 1.807) is 24.3 Å². The van der Waals surface area contributed by atoms with Gasteiger partial charge in [-0.2, -0.15) is 0 Å². The molecule has 0 unspecified atom stereocenters. The summed E-state index contributed by atoms with van der Waals surface area (Å²) in [6.07, 6.45) is 0.0782. The molecule has 0 aliphatic carbocycles. The van der Waals surface area contributed by atoms with Crippen LogP contribution in [-0.4, -0.2) is 29.9 Å². The normalized spacial score (nSPS) is 15.7. The summed E-state index contributed by atoms with van der Waals surface area (Å²) in [5, 5.41) is -0.0370. The molecule has 100 valence electrons. The summed E-state index contributed by atoms with van der Waals surface area (Å²) in [6.45, 7) is 3.86. The van der Waals surface area contributed by atoms with Gasteiger partial charge in [-0.15, -0.1) is 0 Å². The molecule has 0 saturated heterocycles. The van der Waals surface area contributed by atoms with E-state index in [4.69, 9.17) is 16.3 Å². The fraction of sp³-hybridized carbons (Fsp3) is 0.286. The molecule has 0 spiro atoms. The Kier molecular flexibility index (Phi) is 3.62. The van der Waals surface area contributed by atoms with E-state index in [0.717, 1.165) is 4.90 Å². The molecule has 2 amide bonds. The quantitative estimate of drug-likeness (QED) is 0.799. The molecule has 1 aliphatic heterocycles. The van der Waals surface area contributed by atoms with E-state index in [1.807, 2.05) is 13.8 Å². The Balaban J connectivity index is 2.33. The Morgan fingerprint density at radius 1 is 1.11 bits per heavy atom. The number of hydrogen-bond acceptors (Lipinski definition) is 3. The summed E-state index contributed by atoms with van der Waals surface area (Å²) < 4.78 is 5.52. The summed E-state index contributed by atoms with van der Waals surface area (Å²) >= 11 is 5.91. The minimum atomic E-state index is -0.468. The number of hydrogen-bond donors (Lipinski definition) is 0. The first-order valence-corrected chi connectivity index (χ1v) is 6.29. The van der Waals surface area contributed by atoms with Crippen molar-refractivity contribution in [1.82, 2.24) is 4.90 Å². The Morgan fingerprint density at radius 3 is 2.11 bits per heavy atom. The molecule has 0 atom stereocenters. The molecule has 0 N–H and O–H groups in total. The number of benzene rings is 1. The standard InChI is InChI=1S/C14H14ClNO3/c1-8(2)19-10-6-4-9(5-7-10)11-12(15)14(18)16(3)13(11)17/h4-8H,1-3H3. The van der Waals surface area contributed by atoms with Crippen molar-refractivity contribution < 1.29 is 14.3 Å². The molecule has 1 aromatic carbocycles. The maximum Gasteiger partial charge on any atom is 0.272 e. The number of rotatable bonds is 3. The molecule has 1 aliphatic rings. The van der Waals surface area contributed by atoms with Gasteiger partial charge in [0.15, 0.2) is 0 Å². The van der Waals surface area contributed by atoms with Gasteiger partial charge in [-0.05, 0) is 31.5 Å². The number of halogens is 1. The van der Waals surface area contributed by atoms with E-state index in [2.05, 4.69) is 0 Å². The van der Waals surface area contributed by atoms with Crippen LogP contribution in [0.2, 0.25) is 0 Å². The maximum atomic E-state index is 11.9. The third-order valence-corrected chi connectivity index (χ3v) is 3.10. The number of imide groups is 1. The van der Waals surface area contributed by atoms with Crippen LogP contribution in [-0.2, 0) is 9.59 Å². The molecular weight excluding hydrogens is 266 g/mol. The molecule has 1 aromatic rings. The van der Waals surface area contributed by atoms with Crippen molar-refractivity contribution in [2.75, 3.05) is 7.05 Å². The summed E-state index contributed by atoms with van der Waals surface area (Å²) in [4.78, 5) is 24.5. The largest absolute Gasteiger partial charge is 0.491 e. The number of likely N-dealkylation sites (N-methyl/N-ethyl adjacent to an activating group) is 1. The van der Waals surface area contributed by atoms with Crippen LogP contribution in [0, 0.1) is 0 Å². The average molecular weight is 280 g/mol. The van der Waals surface area contributed by atoms with E-state index in [0.29, 0.717) is 11.3 Å². The summed E-state index contributed by atoms with van der Waals surface area (Å²) in [5.74, 6) is -0.141. The summed E-state index contributed by atoms with van der Waals surface area (Å²) in [6, 6.07) is 6.95. The zero-order valence-electron chi connectivity index (χ0n) is 10.9. The first-order valence-electron chi connectivity index (χ1n) is 5.91. The second-order valence-electron chi connectivity index (χ2n) is 4.55. The van der Waals surface area contributed by atoms with Crippen LogP contribution in [0.3, 0.4) is 0 Å². The lowest BCUT2D eigenvalue weighted by Gasteiger charge is -2.10. The third kappa shape index (κ3) is 2.49. The van der Waals surface area contributed by atoms with Gasteiger partial charge >= 0.3 is 0 Å². The minimum absolute atomic E-state index is 0.0370. The highest BCUT2D eigenvalue weighted by atomic mass is 35.5. The highest BCUT2D eigenvalue weighted by Gasteiger charge is 2.35. The SMILES string of the molecule is CC(C)Oc1ccc(C2=C(Cl)C(=O)N(C)C2=O)cc1.